The summed E-state index contributed by atoms with van der Waals surface area (Å²) in [5.74, 6) is -0.257. The van der Waals surface area contributed by atoms with Gasteiger partial charge in [0.05, 0.1) is 12.5 Å². The molecule has 1 aromatic rings. The molecule has 2 rings (SSSR count). The summed E-state index contributed by atoms with van der Waals surface area (Å²) in [6, 6.07) is 6.42. The first-order chi connectivity index (χ1) is 13.9. The van der Waals surface area contributed by atoms with Gasteiger partial charge in [0.25, 0.3) is 0 Å². The number of urea groups is 2. The number of hydrogen-bond donors (Lipinski definition) is 4. The molecule has 0 bridgehead atoms. The summed E-state index contributed by atoms with van der Waals surface area (Å²) in [6.07, 6.45) is 1.55. The molecule has 1 unspecified atom stereocenters. The quantitative estimate of drug-likeness (QED) is 0.521. The summed E-state index contributed by atoms with van der Waals surface area (Å²) in [6.45, 7) is 5.70. The van der Waals surface area contributed by atoms with Crippen molar-refractivity contribution < 1.29 is 19.1 Å². The van der Waals surface area contributed by atoms with E-state index in [1.54, 1.807) is 36.3 Å². The summed E-state index contributed by atoms with van der Waals surface area (Å²) < 4.78 is 4.94. The van der Waals surface area contributed by atoms with Crippen LogP contribution in [0.1, 0.15) is 26.7 Å². The van der Waals surface area contributed by atoms with Crippen LogP contribution in [0.5, 0.6) is 0 Å². The van der Waals surface area contributed by atoms with Crippen LogP contribution in [-0.2, 0) is 9.53 Å². The summed E-state index contributed by atoms with van der Waals surface area (Å²) in [5, 5.41) is 11.2. The van der Waals surface area contributed by atoms with E-state index in [0.717, 1.165) is 12.8 Å². The predicted molar refractivity (Wildman–Crippen MR) is 112 cm³/mol. The third kappa shape index (κ3) is 7.61. The van der Waals surface area contributed by atoms with Gasteiger partial charge in [0.2, 0.25) is 5.91 Å². The molecule has 29 heavy (non-hydrogen) atoms. The van der Waals surface area contributed by atoms with Crippen LogP contribution in [0.15, 0.2) is 24.3 Å². The van der Waals surface area contributed by atoms with Gasteiger partial charge in [0.1, 0.15) is 0 Å². The molecule has 4 N–H and O–H groups in total. The van der Waals surface area contributed by atoms with Crippen LogP contribution in [0.25, 0.3) is 0 Å². The number of hydrogen-bond acceptors (Lipinski definition) is 4. The van der Waals surface area contributed by atoms with E-state index in [4.69, 9.17) is 4.74 Å². The van der Waals surface area contributed by atoms with Gasteiger partial charge in [-0.2, -0.15) is 0 Å². The van der Waals surface area contributed by atoms with Crippen LogP contribution in [0.2, 0.25) is 0 Å². The number of carbonyl (C=O) groups is 3. The van der Waals surface area contributed by atoms with E-state index in [-0.39, 0.29) is 29.9 Å². The number of likely N-dealkylation sites (tertiary alicyclic amines) is 1. The first-order valence-corrected chi connectivity index (χ1v) is 9.89. The van der Waals surface area contributed by atoms with E-state index >= 15 is 0 Å². The largest absolute Gasteiger partial charge is 0.383 e. The highest BCUT2D eigenvalue weighted by molar-refractivity contribution is 5.92. The van der Waals surface area contributed by atoms with Crippen LogP contribution < -0.4 is 21.3 Å². The second-order valence-corrected chi connectivity index (χ2v) is 7.33. The fourth-order valence-electron chi connectivity index (χ4n) is 3.07. The molecule has 5 amide bonds. The average molecular weight is 405 g/mol. The van der Waals surface area contributed by atoms with Gasteiger partial charge in [-0.1, -0.05) is 0 Å². The molecule has 1 aromatic carbocycles. The Morgan fingerprint density at radius 3 is 2.41 bits per heavy atom. The standard InChI is InChI=1S/C20H31N5O4/c1-14(2)22-19(27)23-16-6-8-17(9-7-16)24-20(28)25-11-4-5-15(13-25)18(26)21-10-12-29-3/h6-9,14-15H,4-5,10-13H2,1-3H3,(H,21,26)(H,24,28)(H2,22,23,27). The highest BCUT2D eigenvalue weighted by atomic mass is 16.5. The number of piperidine rings is 1. The molecular weight excluding hydrogens is 374 g/mol. The number of ether oxygens (including phenoxy) is 1. The molecule has 9 nitrogen and oxygen atoms in total. The monoisotopic (exact) mass is 405 g/mol. The molecule has 1 aliphatic heterocycles. The number of amides is 5. The van der Waals surface area contributed by atoms with Crippen molar-refractivity contribution in [3.8, 4) is 0 Å². The zero-order valence-electron chi connectivity index (χ0n) is 17.3. The van der Waals surface area contributed by atoms with Crippen molar-refractivity contribution in [1.29, 1.82) is 0 Å². The molecule has 1 aliphatic rings. The maximum Gasteiger partial charge on any atom is 0.321 e. The van der Waals surface area contributed by atoms with Gasteiger partial charge in [0.15, 0.2) is 0 Å². The van der Waals surface area contributed by atoms with Crippen molar-refractivity contribution in [1.82, 2.24) is 15.5 Å². The summed E-state index contributed by atoms with van der Waals surface area (Å²) in [5.41, 5.74) is 1.25. The molecule has 9 heteroatoms. The number of rotatable bonds is 7. The highest BCUT2D eigenvalue weighted by Crippen LogP contribution is 2.19. The first kappa shape index (κ1) is 22.5. The Bertz CT molecular complexity index is 693. The number of nitrogens with one attached hydrogen (secondary N) is 4. The van der Waals surface area contributed by atoms with Gasteiger partial charge in [-0.15, -0.1) is 0 Å². The maximum atomic E-state index is 12.6. The Hall–Kier alpha value is -2.81. The first-order valence-electron chi connectivity index (χ1n) is 9.89. The number of methoxy groups -OCH3 is 1. The average Bonchev–Trinajstić information content (AvgIpc) is 2.69. The topological polar surface area (TPSA) is 112 Å². The fraction of sp³-hybridized carbons (Fsp3) is 0.550. The number of benzene rings is 1. The Morgan fingerprint density at radius 1 is 1.14 bits per heavy atom. The Labute approximate surface area is 171 Å². The minimum absolute atomic E-state index is 0.0454. The van der Waals surface area contributed by atoms with E-state index < -0.39 is 0 Å². The third-order valence-electron chi connectivity index (χ3n) is 4.50. The molecule has 160 valence electrons. The minimum atomic E-state index is -0.278. The molecule has 1 heterocycles. The molecule has 1 saturated heterocycles. The van der Waals surface area contributed by atoms with E-state index in [1.807, 2.05) is 13.8 Å². The summed E-state index contributed by atoms with van der Waals surface area (Å²) >= 11 is 0. The lowest BCUT2D eigenvalue weighted by Gasteiger charge is -2.32. The normalized spacial score (nSPS) is 16.3. The zero-order valence-corrected chi connectivity index (χ0v) is 17.3. The van der Waals surface area contributed by atoms with Gasteiger partial charge < -0.3 is 30.9 Å². The lowest BCUT2D eigenvalue weighted by molar-refractivity contribution is -0.126. The summed E-state index contributed by atoms with van der Waals surface area (Å²) in [7, 11) is 1.59. The summed E-state index contributed by atoms with van der Waals surface area (Å²) in [4.78, 5) is 38.2. The highest BCUT2D eigenvalue weighted by Gasteiger charge is 2.28. The van der Waals surface area contributed by atoms with Crippen LogP contribution in [-0.4, -0.2) is 62.3 Å². The van der Waals surface area contributed by atoms with Crippen molar-refractivity contribution in [2.75, 3.05) is 44.0 Å². The van der Waals surface area contributed by atoms with Crippen molar-refractivity contribution in [3.63, 3.8) is 0 Å². The molecule has 0 radical (unpaired) electrons. The Balaban J connectivity index is 1.84. The zero-order chi connectivity index (χ0) is 21.2. The maximum absolute atomic E-state index is 12.6. The van der Waals surface area contributed by atoms with E-state index in [0.29, 0.717) is 37.6 Å². The number of anilines is 2. The van der Waals surface area contributed by atoms with Crippen molar-refractivity contribution >= 4 is 29.3 Å². The van der Waals surface area contributed by atoms with Gasteiger partial charge in [0, 0.05) is 44.2 Å². The second kappa shape index (κ2) is 11.3. The Morgan fingerprint density at radius 2 is 1.79 bits per heavy atom. The van der Waals surface area contributed by atoms with Gasteiger partial charge >= 0.3 is 12.1 Å². The molecule has 0 aliphatic carbocycles. The van der Waals surface area contributed by atoms with Crippen LogP contribution >= 0.6 is 0 Å². The van der Waals surface area contributed by atoms with Crippen molar-refractivity contribution in [3.05, 3.63) is 24.3 Å². The lowest BCUT2D eigenvalue weighted by atomic mass is 9.97. The SMILES string of the molecule is COCCNC(=O)C1CCCN(C(=O)Nc2ccc(NC(=O)NC(C)C)cc2)C1. The van der Waals surface area contributed by atoms with Crippen LogP contribution in [0.3, 0.4) is 0 Å². The minimum Gasteiger partial charge on any atom is -0.383 e. The molecule has 0 spiro atoms. The van der Waals surface area contributed by atoms with Crippen molar-refractivity contribution in [2.24, 2.45) is 5.92 Å². The Kier molecular flexibility index (Phi) is 8.72. The van der Waals surface area contributed by atoms with Gasteiger partial charge in [-0.25, -0.2) is 9.59 Å². The number of nitrogens with zero attached hydrogens (tertiary/aromatic N) is 1. The third-order valence-corrected chi connectivity index (χ3v) is 4.50. The molecule has 1 fully saturated rings. The van der Waals surface area contributed by atoms with E-state index in [2.05, 4.69) is 21.3 Å². The smallest absolute Gasteiger partial charge is 0.321 e. The van der Waals surface area contributed by atoms with Crippen LogP contribution in [0, 0.1) is 5.92 Å². The van der Waals surface area contributed by atoms with Gasteiger partial charge in [-0.3, -0.25) is 4.79 Å². The number of carbonyl (C=O) groups excluding carboxylic acids is 3. The molecular formula is C20H31N5O4. The van der Waals surface area contributed by atoms with Crippen LogP contribution in [0.4, 0.5) is 21.0 Å². The molecule has 0 aromatic heterocycles. The second-order valence-electron chi connectivity index (χ2n) is 7.33. The van der Waals surface area contributed by atoms with E-state index in [9.17, 15) is 14.4 Å². The van der Waals surface area contributed by atoms with Gasteiger partial charge in [-0.05, 0) is 51.0 Å². The predicted octanol–water partition coefficient (Wildman–Crippen LogP) is 2.22. The molecule has 1 atom stereocenters. The van der Waals surface area contributed by atoms with Crippen molar-refractivity contribution in [2.45, 2.75) is 32.7 Å². The fourth-order valence-corrected chi connectivity index (χ4v) is 3.07. The van der Waals surface area contributed by atoms with E-state index in [1.165, 1.54) is 0 Å². The molecule has 0 saturated carbocycles. The lowest BCUT2D eigenvalue weighted by Crippen LogP contribution is -2.47.